The molecule has 2 aliphatic rings. The lowest BCUT2D eigenvalue weighted by molar-refractivity contribution is -0.131. The van der Waals surface area contributed by atoms with Gasteiger partial charge in [0, 0.05) is 42.2 Å². The van der Waals surface area contributed by atoms with E-state index in [0.717, 1.165) is 17.0 Å². The second-order valence-corrected chi connectivity index (χ2v) is 7.24. The molecule has 0 aliphatic carbocycles. The zero-order valence-electron chi connectivity index (χ0n) is 14.6. The molecule has 8 nitrogen and oxygen atoms in total. The fraction of sp³-hybridized carbons (Fsp3) is 0.647. The topological polar surface area (TPSA) is 92.9 Å². The number of aliphatic hydroxyl groups excluding tert-OH is 1. The van der Waals surface area contributed by atoms with Crippen LogP contribution < -0.4 is 0 Å². The summed E-state index contributed by atoms with van der Waals surface area (Å²) in [6.07, 6.45) is 2.55. The van der Waals surface area contributed by atoms with Crippen LogP contribution in [0.25, 0.3) is 5.78 Å². The van der Waals surface area contributed by atoms with Gasteiger partial charge in [0.05, 0.1) is 19.8 Å². The maximum absolute atomic E-state index is 12.7. The molecule has 2 fully saturated rings. The second kappa shape index (κ2) is 6.03. The Hall–Kier alpha value is -2.06. The molecule has 2 atom stereocenters. The van der Waals surface area contributed by atoms with Crippen LogP contribution in [0.1, 0.15) is 23.4 Å². The van der Waals surface area contributed by atoms with Crippen molar-refractivity contribution >= 4 is 11.7 Å². The third-order valence-corrected chi connectivity index (χ3v) is 5.77. The first kappa shape index (κ1) is 16.4. The number of carbonyl (C=O) groups excluding carboxylic acids is 1. The van der Waals surface area contributed by atoms with Crippen molar-refractivity contribution in [1.29, 1.82) is 0 Å². The Morgan fingerprint density at radius 1 is 1.48 bits per heavy atom. The van der Waals surface area contributed by atoms with E-state index in [0.29, 0.717) is 44.9 Å². The molecule has 2 aromatic rings. The van der Waals surface area contributed by atoms with Gasteiger partial charge in [0.2, 0.25) is 5.91 Å². The number of likely N-dealkylation sites (tertiary alicyclic amines) is 1. The van der Waals surface area contributed by atoms with Gasteiger partial charge in [0.15, 0.2) is 0 Å². The van der Waals surface area contributed by atoms with E-state index in [1.807, 2.05) is 18.7 Å². The van der Waals surface area contributed by atoms with Crippen molar-refractivity contribution in [3.63, 3.8) is 0 Å². The molecule has 2 aliphatic heterocycles. The Bertz CT molecular complexity index is 820. The lowest BCUT2D eigenvalue weighted by Crippen LogP contribution is -2.36. The molecule has 0 bridgehead atoms. The van der Waals surface area contributed by atoms with Gasteiger partial charge in [0.25, 0.3) is 5.78 Å². The molecule has 0 radical (unpaired) electrons. The van der Waals surface area contributed by atoms with Crippen LogP contribution in [0.4, 0.5) is 0 Å². The summed E-state index contributed by atoms with van der Waals surface area (Å²) in [5.74, 6) is 0.958. The number of hydrogen-bond acceptors (Lipinski definition) is 6. The molecule has 0 unspecified atom stereocenters. The minimum absolute atomic E-state index is 0.0759. The summed E-state index contributed by atoms with van der Waals surface area (Å²) in [6.45, 7) is 6.45. The highest BCUT2D eigenvalue weighted by molar-refractivity contribution is 5.77. The van der Waals surface area contributed by atoms with E-state index in [1.165, 1.54) is 6.33 Å². The summed E-state index contributed by atoms with van der Waals surface area (Å²) in [4.78, 5) is 23.2. The summed E-state index contributed by atoms with van der Waals surface area (Å²) in [7, 11) is 0. The Kier molecular flexibility index (Phi) is 3.96. The van der Waals surface area contributed by atoms with Crippen LogP contribution in [0.15, 0.2) is 6.33 Å². The molecule has 134 valence electrons. The summed E-state index contributed by atoms with van der Waals surface area (Å²) in [5.41, 5.74) is 2.66. The predicted molar refractivity (Wildman–Crippen MR) is 89.0 cm³/mol. The Morgan fingerprint density at radius 3 is 3.08 bits per heavy atom. The molecule has 0 spiro atoms. The Labute approximate surface area is 145 Å². The average Bonchev–Trinajstić information content (AvgIpc) is 3.27. The van der Waals surface area contributed by atoms with Crippen LogP contribution in [0, 0.1) is 25.2 Å². The second-order valence-electron chi connectivity index (χ2n) is 7.24. The van der Waals surface area contributed by atoms with E-state index in [9.17, 15) is 9.90 Å². The van der Waals surface area contributed by atoms with Crippen molar-refractivity contribution in [3.8, 4) is 0 Å². The van der Waals surface area contributed by atoms with Gasteiger partial charge in [-0.1, -0.05) is 0 Å². The molecule has 4 heterocycles. The van der Waals surface area contributed by atoms with Crippen LogP contribution in [0.3, 0.4) is 0 Å². The van der Waals surface area contributed by atoms with E-state index >= 15 is 0 Å². The average molecular weight is 345 g/mol. The number of amides is 1. The van der Waals surface area contributed by atoms with Crippen LogP contribution in [0.5, 0.6) is 0 Å². The van der Waals surface area contributed by atoms with Gasteiger partial charge in [-0.05, 0) is 25.8 Å². The van der Waals surface area contributed by atoms with Crippen LogP contribution >= 0.6 is 0 Å². The van der Waals surface area contributed by atoms with E-state index in [1.54, 1.807) is 4.52 Å². The number of aliphatic hydroxyl groups is 1. The Morgan fingerprint density at radius 2 is 2.32 bits per heavy atom. The minimum Gasteiger partial charge on any atom is -0.396 e. The van der Waals surface area contributed by atoms with Gasteiger partial charge in [-0.15, -0.1) is 0 Å². The molecule has 8 heteroatoms. The van der Waals surface area contributed by atoms with Gasteiger partial charge >= 0.3 is 0 Å². The highest BCUT2D eigenvalue weighted by Crippen LogP contribution is 2.41. The van der Waals surface area contributed by atoms with Gasteiger partial charge in [-0.25, -0.2) is 9.50 Å². The monoisotopic (exact) mass is 345 g/mol. The SMILES string of the molecule is Cc1nc2ncnn2c(C)c1CCC(=O)N1C[C@H]2COC[C@@]2(CO)C1. The number of fused-ring (bicyclic) bond motifs is 2. The number of aryl methyl sites for hydroxylation is 2. The smallest absolute Gasteiger partial charge is 0.252 e. The molecule has 2 aromatic heterocycles. The molecular formula is C17H23N5O3. The van der Waals surface area contributed by atoms with Gasteiger partial charge in [-0.3, -0.25) is 4.79 Å². The van der Waals surface area contributed by atoms with Crippen molar-refractivity contribution in [3.05, 3.63) is 23.3 Å². The predicted octanol–water partition coefficient (Wildman–Crippen LogP) is 0.141. The van der Waals surface area contributed by atoms with Crippen molar-refractivity contribution < 1.29 is 14.6 Å². The number of ether oxygens (including phenoxy) is 1. The van der Waals surface area contributed by atoms with Crippen molar-refractivity contribution in [2.45, 2.75) is 26.7 Å². The van der Waals surface area contributed by atoms with Gasteiger partial charge < -0.3 is 14.7 Å². The van der Waals surface area contributed by atoms with E-state index in [2.05, 4.69) is 15.1 Å². The van der Waals surface area contributed by atoms with E-state index < -0.39 is 0 Å². The third-order valence-electron chi connectivity index (χ3n) is 5.77. The normalized spacial score (nSPS) is 25.7. The maximum Gasteiger partial charge on any atom is 0.252 e. The summed E-state index contributed by atoms with van der Waals surface area (Å²) >= 11 is 0. The zero-order valence-corrected chi connectivity index (χ0v) is 14.6. The fourth-order valence-corrected chi connectivity index (χ4v) is 4.15. The molecule has 1 amide bonds. The molecule has 2 saturated heterocycles. The maximum atomic E-state index is 12.7. The quantitative estimate of drug-likeness (QED) is 0.847. The number of hydrogen-bond donors (Lipinski definition) is 1. The zero-order chi connectivity index (χ0) is 17.6. The van der Waals surface area contributed by atoms with Gasteiger partial charge in [-0.2, -0.15) is 10.1 Å². The largest absolute Gasteiger partial charge is 0.396 e. The Balaban J connectivity index is 1.46. The molecule has 1 N–H and O–H groups in total. The first-order chi connectivity index (χ1) is 12.0. The molecule has 0 aromatic carbocycles. The van der Waals surface area contributed by atoms with Crippen LogP contribution in [-0.4, -0.2) is 68.4 Å². The minimum atomic E-state index is -0.261. The van der Waals surface area contributed by atoms with Crippen LogP contribution in [0.2, 0.25) is 0 Å². The van der Waals surface area contributed by atoms with Crippen molar-refractivity contribution in [1.82, 2.24) is 24.5 Å². The lowest BCUT2D eigenvalue weighted by atomic mass is 9.82. The van der Waals surface area contributed by atoms with E-state index in [-0.39, 0.29) is 23.8 Å². The number of carbonyl (C=O) groups is 1. The summed E-state index contributed by atoms with van der Waals surface area (Å²) in [5, 5.41) is 13.9. The summed E-state index contributed by atoms with van der Waals surface area (Å²) in [6, 6.07) is 0. The molecule has 4 rings (SSSR count). The number of aromatic nitrogens is 4. The van der Waals surface area contributed by atoms with Gasteiger partial charge in [0.1, 0.15) is 6.33 Å². The standard InChI is InChI=1S/C17H23N5O3/c1-11-14(12(2)22-16(20-11)18-10-19-22)3-4-15(24)21-5-13-6-25-9-17(13,7-21)8-23/h10,13,23H,3-9H2,1-2H3/t13-,17-/m0/s1. The fourth-order valence-electron chi connectivity index (χ4n) is 4.15. The highest BCUT2D eigenvalue weighted by atomic mass is 16.5. The van der Waals surface area contributed by atoms with Crippen molar-refractivity contribution in [2.24, 2.45) is 11.3 Å². The third kappa shape index (κ3) is 2.60. The molecule has 25 heavy (non-hydrogen) atoms. The highest BCUT2D eigenvalue weighted by Gasteiger charge is 2.51. The summed E-state index contributed by atoms with van der Waals surface area (Å²) < 4.78 is 7.22. The van der Waals surface area contributed by atoms with Crippen LogP contribution in [-0.2, 0) is 16.0 Å². The first-order valence-electron chi connectivity index (χ1n) is 8.66. The lowest BCUT2D eigenvalue weighted by Gasteiger charge is -2.24. The number of rotatable bonds is 4. The number of nitrogens with zero attached hydrogens (tertiary/aromatic N) is 5. The first-order valence-corrected chi connectivity index (χ1v) is 8.66. The molecular weight excluding hydrogens is 322 g/mol. The van der Waals surface area contributed by atoms with Crippen molar-refractivity contribution in [2.75, 3.05) is 32.9 Å². The molecule has 0 saturated carbocycles. The van der Waals surface area contributed by atoms with E-state index in [4.69, 9.17) is 4.74 Å².